The number of carbonyl (C=O) groups is 2. The highest BCUT2D eigenvalue weighted by atomic mass is 16.6. The Bertz CT molecular complexity index is 389. The van der Waals surface area contributed by atoms with Gasteiger partial charge in [0.05, 0.1) is 12.5 Å². The van der Waals surface area contributed by atoms with Gasteiger partial charge in [0.15, 0.2) is 0 Å². The van der Waals surface area contributed by atoms with Gasteiger partial charge in [-0.15, -0.1) is 0 Å². The summed E-state index contributed by atoms with van der Waals surface area (Å²) in [5, 5.41) is 9.06. The van der Waals surface area contributed by atoms with Crippen LogP contribution in [0.15, 0.2) is 30.3 Å². The SMILES string of the molecule is C[C@@H](O)[C@H](N)C(=O)OC(=O)Cc1ccccc1. The molecule has 0 spiro atoms. The Hall–Kier alpha value is -1.72. The summed E-state index contributed by atoms with van der Waals surface area (Å²) in [6.07, 6.45) is -1.05. The van der Waals surface area contributed by atoms with Crippen LogP contribution in [-0.2, 0) is 20.7 Å². The molecule has 92 valence electrons. The molecular weight excluding hydrogens is 222 g/mol. The van der Waals surface area contributed by atoms with E-state index < -0.39 is 24.1 Å². The van der Waals surface area contributed by atoms with Crippen molar-refractivity contribution >= 4 is 11.9 Å². The fourth-order valence-electron chi connectivity index (χ4n) is 1.18. The van der Waals surface area contributed by atoms with Crippen LogP contribution in [0.3, 0.4) is 0 Å². The van der Waals surface area contributed by atoms with Crippen LogP contribution in [0.25, 0.3) is 0 Å². The number of carbonyl (C=O) groups excluding carboxylic acids is 2. The third kappa shape index (κ3) is 4.34. The van der Waals surface area contributed by atoms with Crippen molar-refractivity contribution in [3.63, 3.8) is 0 Å². The molecule has 5 nitrogen and oxygen atoms in total. The summed E-state index contributed by atoms with van der Waals surface area (Å²) >= 11 is 0. The maximum atomic E-state index is 11.4. The zero-order valence-corrected chi connectivity index (χ0v) is 9.50. The Labute approximate surface area is 99.2 Å². The van der Waals surface area contributed by atoms with E-state index in [1.165, 1.54) is 6.92 Å². The minimum Gasteiger partial charge on any atom is -0.392 e. The second-order valence-electron chi connectivity index (χ2n) is 3.72. The summed E-state index contributed by atoms with van der Waals surface area (Å²) in [5.41, 5.74) is 6.07. The highest BCUT2D eigenvalue weighted by Gasteiger charge is 2.23. The monoisotopic (exact) mass is 237 g/mol. The molecule has 0 amide bonds. The molecule has 2 atom stereocenters. The number of rotatable bonds is 4. The van der Waals surface area contributed by atoms with E-state index >= 15 is 0 Å². The molecule has 1 aromatic rings. The minimum atomic E-state index is -1.20. The molecule has 0 saturated carbocycles. The smallest absolute Gasteiger partial charge is 0.333 e. The normalized spacial score (nSPS) is 13.8. The molecule has 5 heteroatoms. The Morgan fingerprint density at radius 1 is 1.35 bits per heavy atom. The molecule has 0 saturated heterocycles. The fraction of sp³-hybridized carbons (Fsp3) is 0.333. The molecule has 0 aliphatic carbocycles. The van der Waals surface area contributed by atoms with Crippen molar-refractivity contribution in [3.05, 3.63) is 35.9 Å². The third-order valence-electron chi connectivity index (χ3n) is 2.20. The highest BCUT2D eigenvalue weighted by molar-refractivity contribution is 5.89. The van der Waals surface area contributed by atoms with E-state index in [4.69, 9.17) is 10.8 Å². The molecule has 0 radical (unpaired) electrons. The van der Waals surface area contributed by atoms with Gasteiger partial charge >= 0.3 is 11.9 Å². The van der Waals surface area contributed by atoms with Crippen LogP contribution in [-0.4, -0.2) is 29.2 Å². The molecule has 0 aliphatic heterocycles. The molecule has 1 rings (SSSR count). The van der Waals surface area contributed by atoms with E-state index in [-0.39, 0.29) is 6.42 Å². The van der Waals surface area contributed by atoms with Gasteiger partial charge in [0, 0.05) is 0 Å². The molecule has 0 aliphatic rings. The number of aliphatic hydroxyl groups is 1. The lowest BCUT2D eigenvalue weighted by molar-refractivity contribution is -0.161. The Kier molecular flexibility index (Phi) is 4.81. The first kappa shape index (κ1) is 13.3. The summed E-state index contributed by atoms with van der Waals surface area (Å²) in [7, 11) is 0. The topological polar surface area (TPSA) is 89.6 Å². The van der Waals surface area contributed by atoms with Gasteiger partial charge in [-0.2, -0.15) is 0 Å². The first-order valence-corrected chi connectivity index (χ1v) is 5.23. The van der Waals surface area contributed by atoms with Crippen molar-refractivity contribution in [2.24, 2.45) is 5.73 Å². The number of benzene rings is 1. The second kappa shape index (κ2) is 6.12. The fourth-order valence-corrected chi connectivity index (χ4v) is 1.18. The van der Waals surface area contributed by atoms with Crippen molar-refractivity contribution < 1.29 is 19.4 Å². The van der Waals surface area contributed by atoms with Crippen LogP contribution in [0.4, 0.5) is 0 Å². The Balaban J connectivity index is 2.48. The zero-order valence-electron chi connectivity index (χ0n) is 9.50. The van der Waals surface area contributed by atoms with Crippen molar-refractivity contribution in [2.75, 3.05) is 0 Å². The quantitative estimate of drug-likeness (QED) is 0.568. The molecule has 0 fully saturated rings. The zero-order chi connectivity index (χ0) is 12.8. The number of aliphatic hydroxyl groups excluding tert-OH is 1. The number of hydrogen-bond acceptors (Lipinski definition) is 5. The van der Waals surface area contributed by atoms with Gasteiger partial charge in [0.1, 0.15) is 6.04 Å². The lowest BCUT2D eigenvalue weighted by atomic mass is 10.1. The van der Waals surface area contributed by atoms with Crippen molar-refractivity contribution in [2.45, 2.75) is 25.5 Å². The third-order valence-corrected chi connectivity index (χ3v) is 2.20. The van der Waals surface area contributed by atoms with Crippen molar-refractivity contribution in [1.29, 1.82) is 0 Å². The number of hydrogen-bond donors (Lipinski definition) is 2. The molecule has 0 heterocycles. The largest absolute Gasteiger partial charge is 0.392 e. The predicted molar refractivity (Wildman–Crippen MR) is 60.9 cm³/mol. The van der Waals surface area contributed by atoms with Crippen molar-refractivity contribution in [1.82, 2.24) is 0 Å². The molecule has 17 heavy (non-hydrogen) atoms. The molecule has 1 aromatic carbocycles. The van der Waals surface area contributed by atoms with Gasteiger partial charge in [0.25, 0.3) is 0 Å². The standard InChI is InChI=1S/C12H15NO4/c1-8(14)11(13)12(16)17-10(15)7-9-5-3-2-4-6-9/h2-6,8,11,14H,7,13H2,1H3/t8-,11+/m1/s1. The van der Waals surface area contributed by atoms with Gasteiger partial charge in [-0.05, 0) is 12.5 Å². The van der Waals surface area contributed by atoms with E-state index in [1.54, 1.807) is 24.3 Å². The summed E-state index contributed by atoms with van der Waals surface area (Å²) in [6, 6.07) is 7.69. The molecule has 0 aromatic heterocycles. The molecule has 0 bridgehead atoms. The lowest BCUT2D eigenvalue weighted by Crippen LogP contribution is -2.42. The average molecular weight is 237 g/mol. The number of esters is 2. The average Bonchev–Trinajstić information content (AvgIpc) is 2.28. The van der Waals surface area contributed by atoms with E-state index in [9.17, 15) is 9.59 Å². The summed E-state index contributed by atoms with van der Waals surface area (Å²) in [5.74, 6) is -1.60. The van der Waals surface area contributed by atoms with Crippen LogP contribution in [0.2, 0.25) is 0 Å². The van der Waals surface area contributed by atoms with Gasteiger partial charge in [-0.3, -0.25) is 4.79 Å². The highest BCUT2D eigenvalue weighted by Crippen LogP contribution is 2.02. The van der Waals surface area contributed by atoms with Gasteiger partial charge in [-0.1, -0.05) is 30.3 Å². The maximum absolute atomic E-state index is 11.4. The Morgan fingerprint density at radius 2 is 1.94 bits per heavy atom. The summed E-state index contributed by atoms with van der Waals surface area (Å²) in [4.78, 5) is 22.6. The first-order valence-electron chi connectivity index (χ1n) is 5.23. The number of nitrogens with two attached hydrogens (primary N) is 1. The van der Waals surface area contributed by atoms with Crippen LogP contribution in [0.1, 0.15) is 12.5 Å². The molecule has 0 unspecified atom stereocenters. The van der Waals surface area contributed by atoms with Gasteiger partial charge in [-0.25, -0.2) is 4.79 Å². The van der Waals surface area contributed by atoms with Crippen molar-refractivity contribution in [3.8, 4) is 0 Å². The predicted octanol–water partition coefficient (Wildman–Crippen LogP) is 0.00700. The molecular formula is C12H15NO4. The van der Waals surface area contributed by atoms with Crippen LogP contribution in [0, 0.1) is 0 Å². The van der Waals surface area contributed by atoms with Crippen LogP contribution >= 0.6 is 0 Å². The summed E-state index contributed by atoms with van der Waals surface area (Å²) in [6.45, 7) is 1.35. The van der Waals surface area contributed by atoms with Crippen LogP contribution in [0.5, 0.6) is 0 Å². The van der Waals surface area contributed by atoms with E-state index in [0.717, 1.165) is 5.56 Å². The molecule has 3 N–H and O–H groups in total. The van der Waals surface area contributed by atoms with Gasteiger partial charge in [0.2, 0.25) is 0 Å². The van der Waals surface area contributed by atoms with E-state index in [2.05, 4.69) is 4.74 Å². The Morgan fingerprint density at radius 3 is 2.47 bits per heavy atom. The van der Waals surface area contributed by atoms with E-state index in [0.29, 0.717) is 0 Å². The summed E-state index contributed by atoms with van der Waals surface area (Å²) < 4.78 is 4.51. The van der Waals surface area contributed by atoms with E-state index in [1.807, 2.05) is 6.07 Å². The van der Waals surface area contributed by atoms with Gasteiger partial charge < -0.3 is 15.6 Å². The van der Waals surface area contributed by atoms with Crippen LogP contribution < -0.4 is 5.73 Å². The first-order chi connectivity index (χ1) is 8.00. The lowest BCUT2D eigenvalue weighted by Gasteiger charge is -2.12. The maximum Gasteiger partial charge on any atom is 0.333 e. The minimum absolute atomic E-state index is 0.000883. The second-order valence-corrected chi connectivity index (χ2v) is 3.72. The number of ether oxygens (including phenoxy) is 1.